The van der Waals surface area contributed by atoms with Crippen molar-refractivity contribution in [3.05, 3.63) is 51.5 Å². The Morgan fingerprint density at radius 2 is 1.90 bits per heavy atom. The van der Waals surface area contributed by atoms with Gasteiger partial charge in [0.2, 0.25) is 0 Å². The first-order valence-corrected chi connectivity index (χ1v) is 12.0. The van der Waals surface area contributed by atoms with Crippen molar-refractivity contribution in [3.8, 4) is 0 Å². The molecule has 4 rings (SSSR count). The van der Waals surface area contributed by atoms with Gasteiger partial charge in [-0.25, -0.2) is 0 Å². The van der Waals surface area contributed by atoms with Crippen molar-refractivity contribution in [1.82, 2.24) is 14.8 Å². The highest BCUT2D eigenvalue weighted by atomic mass is 32.1. The third kappa shape index (κ3) is 4.89. The molecule has 0 aromatic carbocycles. The van der Waals surface area contributed by atoms with Crippen molar-refractivity contribution in [1.29, 1.82) is 0 Å². The van der Waals surface area contributed by atoms with Crippen molar-refractivity contribution in [3.63, 3.8) is 0 Å². The standard InChI is InChI=1S/C24H33N3OS/c1-18-10-11-22(24(28)26(2)20-7-4-3-5-8-20)23(25-18)19-12-14-27(15-13-19)17-21-9-6-16-29-21/h6,9-11,16,19-20H,3-5,7-8,12-15,17H2,1-2H3. The predicted octanol–water partition coefficient (Wildman–Crippen LogP) is 5.24. The summed E-state index contributed by atoms with van der Waals surface area (Å²) in [5, 5.41) is 2.15. The number of hydrogen-bond donors (Lipinski definition) is 0. The first-order valence-electron chi connectivity index (χ1n) is 11.1. The molecule has 0 atom stereocenters. The number of hydrogen-bond acceptors (Lipinski definition) is 4. The quantitative estimate of drug-likeness (QED) is 0.675. The van der Waals surface area contributed by atoms with Crippen molar-refractivity contribution in [2.75, 3.05) is 20.1 Å². The van der Waals surface area contributed by atoms with Crippen LogP contribution in [0.2, 0.25) is 0 Å². The zero-order valence-electron chi connectivity index (χ0n) is 17.8. The maximum absolute atomic E-state index is 13.4. The molecule has 1 amide bonds. The minimum Gasteiger partial charge on any atom is -0.339 e. The molecule has 1 saturated heterocycles. The van der Waals surface area contributed by atoms with Crippen molar-refractivity contribution in [2.45, 2.75) is 70.4 Å². The van der Waals surface area contributed by atoms with Gasteiger partial charge in [-0.1, -0.05) is 25.3 Å². The monoisotopic (exact) mass is 411 g/mol. The van der Waals surface area contributed by atoms with Crippen LogP contribution in [0.1, 0.15) is 77.5 Å². The molecular weight excluding hydrogens is 378 g/mol. The number of pyridine rings is 1. The summed E-state index contributed by atoms with van der Waals surface area (Å²) in [6.45, 7) is 5.23. The van der Waals surface area contributed by atoms with E-state index in [1.165, 1.54) is 24.1 Å². The number of rotatable bonds is 5. The van der Waals surface area contributed by atoms with Crippen LogP contribution in [0.5, 0.6) is 0 Å². The summed E-state index contributed by atoms with van der Waals surface area (Å²) in [7, 11) is 1.99. The van der Waals surface area contributed by atoms with Crippen LogP contribution >= 0.6 is 11.3 Å². The second kappa shape index (κ2) is 9.40. The van der Waals surface area contributed by atoms with Crippen LogP contribution in [0.15, 0.2) is 29.6 Å². The van der Waals surface area contributed by atoms with Gasteiger partial charge in [-0.3, -0.25) is 14.7 Å². The Balaban J connectivity index is 1.46. The zero-order valence-corrected chi connectivity index (χ0v) is 18.6. The normalized spacial score (nSPS) is 19.4. The number of aromatic nitrogens is 1. The lowest BCUT2D eigenvalue weighted by Gasteiger charge is -2.34. The number of likely N-dealkylation sites (tertiary alicyclic amines) is 1. The maximum atomic E-state index is 13.4. The Morgan fingerprint density at radius 1 is 1.14 bits per heavy atom. The van der Waals surface area contributed by atoms with Crippen LogP contribution < -0.4 is 0 Å². The predicted molar refractivity (Wildman–Crippen MR) is 120 cm³/mol. The van der Waals surface area contributed by atoms with E-state index in [4.69, 9.17) is 4.98 Å². The summed E-state index contributed by atoms with van der Waals surface area (Å²) >= 11 is 1.83. The Kier molecular flexibility index (Phi) is 6.66. The van der Waals surface area contributed by atoms with Crippen LogP contribution in [0.3, 0.4) is 0 Å². The molecule has 3 heterocycles. The SMILES string of the molecule is Cc1ccc(C(=O)N(C)C2CCCCC2)c(C2CCN(Cc3cccs3)CC2)n1. The van der Waals surface area contributed by atoms with Crippen molar-refractivity contribution >= 4 is 17.2 Å². The van der Waals surface area contributed by atoms with Crippen LogP contribution in [0.4, 0.5) is 0 Å². The first-order chi connectivity index (χ1) is 14.1. The smallest absolute Gasteiger partial charge is 0.255 e. The van der Waals surface area contributed by atoms with E-state index in [2.05, 4.69) is 22.4 Å². The summed E-state index contributed by atoms with van der Waals surface area (Å²) in [5.74, 6) is 0.550. The highest BCUT2D eigenvalue weighted by Gasteiger charge is 2.29. The minimum atomic E-state index is 0.167. The molecule has 2 aromatic heterocycles. The van der Waals surface area contributed by atoms with E-state index in [1.807, 2.05) is 42.3 Å². The number of thiophene rings is 1. The average Bonchev–Trinajstić information content (AvgIpc) is 3.27. The number of nitrogens with zero attached hydrogens (tertiary/aromatic N) is 3. The largest absolute Gasteiger partial charge is 0.339 e. The second-order valence-electron chi connectivity index (χ2n) is 8.72. The van der Waals surface area contributed by atoms with Gasteiger partial charge in [-0.15, -0.1) is 11.3 Å². The van der Waals surface area contributed by atoms with E-state index < -0.39 is 0 Å². The van der Waals surface area contributed by atoms with E-state index in [0.717, 1.165) is 62.3 Å². The van der Waals surface area contributed by atoms with Crippen LogP contribution in [-0.4, -0.2) is 46.9 Å². The zero-order chi connectivity index (χ0) is 20.2. The minimum absolute atomic E-state index is 0.167. The molecule has 29 heavy (non-hydrogen) atoms. The molecule has 5 heteroatoms. The van der Waals surface area contributed by atoms with Gasteiger partial charge in [0.25, 0.3) is 5.91 Å². The lowest BCUT2D eigenvalue weighted by molar-refractivity contribution is 0.0693. The van der Waals surface area contributed by atoms with Crippen LogP contribution in [0, 0.1) is 6.92 Å². The summed E-state index contributed by atoms with van der Waals surface area (Å²) < 4.78 is 0. The third-order valence-corrected chi connectivity index (χ3v) is 7.53. The molecule has 0 spiro atoms. The van der Waals surface area contributed by atoms with Crippen molar-refractivity contribution in [2.24, 2.45) is 0 Å². The van der Waals surface area contributed by atoms with E-state index in [0.29, 0.717) is 12.0 Å². The number of aryl methyl sites for hydroxylation is 1. The van der Waals surface area contributed by atoms with Crippen molar-refractivity contribution < 1.29 is 4.79 Å². The average molecular weight is 412 g/mol. The molecule has 0 unspecified atom stereocenters. The molecular formula is C24H33N3OS. The van der Waals surface area contributed by atoms with Gasteiger partial charge in [0.15, 0.2) is 0 Å². The molecule has 2 fully saturated rings. The van der Waals surface area contributed by atoms with E-state index in [9.17, 15) is 4.79 Å². The fraction of sp³-hybridized carbons (Fsp3) is 0.583. The number of carbonyl (C=O) groups is 1. The number of piperidine rings is 1. The molecule has 1 aliphatic heterocycles. The van der Waals surface area contributed by atoms with Crippen LogP contribution in [0.25, 0.3) is 0 Å². The molecule has 1 aliphatic carbocycles. The van der Waals surface area contributed by atoms with Gasteiger partial charge in [0.05, 0.1) is 11.3 Å². The van der Waals surface area contributed by atoms with Gasteiger partial charge in [-0.2, -0.15) is 0 Å². The second-order valence-corrected chi connectivity index (χ2v) is 9.76. The first kappa shape index (κ1) is 20.5. The molecule has 0 N–H and O–H groups in total. The molecule has 2 aliphatic rings. The summed E-state index contributed by atoms with van der Waals surface area (Å²) in [6, 6.07) is 8.76. The van der Waals surface area contributed by atoms with Gasteiger partial charge < -0.3 is 4.90 Å². The van der Waals surface area contributed by atoms with Gasteiger partial charge >= 0.3 is 0 Å². The Morgan fingerprint density at radius 3 is 2.59 bits per heavy atom. The summed E-state index contributed by atoms with van der Waals surface area (Å²) in [5.41, 5.74) is 2.88. The van der Waals surface area contributed by atoms with Gasteiger partial charge in [0.1, 0.15) is 0 Å². The Bertz CT molecular complexity index is 806. The Labute approximate surface area is 178 Å². The van der Waals surface area contributed by atoms with E-state index >= 15 is 0 Å². The Hall–Kier alpha value is -1.72. The van der Waals surface area contributed by atoms with Gasteiger partial charge in [0, 0.05) is 36.1 Å². The number of carbonyl (C=O) groups excluding carboxylic acids is 1. The molecule has 2 aromatic rings. The molecule has 1 saturated carbocycles. The lowest BCUT2D eigenvalue weighted by atomic mass is 9.89. The summed E-state index contributed by atoms with van der Waals surface area (Å²) in [4.78, 5) is 24.2. The van der Waals surface area contributed by atoms with Crippen LogP contribution in [-0.2, 0) is 6.54 Å². The molecule has 4 nitrogen and oxygen atoms in total. The third-order valence-electron chi connectivity index (χ3n) is 6.67. The molecule has 0 radical (unpaired) electrons. The fourth-order valence-electron chi connectivity index (χ4n) is 4.88. The van der Waals surface area contributed by atoms with E-state index in [1.54, 1.807) is 0 Å². The highest BCUT2D eigenvalue weighted by molar-refractivity contribution is 7.09. The molecule has 156 valence electrons. The lowest BCUT2D eigenvalue weighted by Crippen LogP contribution is -2.39. The maximum Gasteiger partial charge on any atom is 0.255 e. The fourth-order valence-corrected chi connectivity index (χ4v) is 5.63. The van der Waals surface area contributed by atoms with Gasteiger partial charge in [-0.05, 0) is 69.3 Å². The molecule has 0 bridgehead atoms. The summed E-state index contributed by atoms with van der Waals surface area (Å²) in [6.07, 6.45) is 8.22. The number of amides is 1. The highest BCUT2D eigenvalue weighted by Crippen LogP contribution is 2.32. The topological polar surface area (TPSA) is 36.4 Å². The van der Waals surface area contributed by atoms with E-state index in [-0.39, 0.29) is 5.91 Å².